The third-order valence-corrected chi connectivity index (χ3v) is 2.24. The summed E-state index contributed by atoms with van der Waals surface area (Å²) < 4.78 is 36.8. The number of carbonyl (C=O) groups is 1. The number of hydroxylamine groups is 2. The van der Waals surface area contributed by atoms with Crippen molar-refractivity contribution < 1.29 is 22.8 Å². The molecule has 0 spiro atoms. The van der Waals surface area contributed by atoms with Gasteiger partial charge in [0.1, 0.15) is 0 Å². The summed E-state index contributed by atoms with van der Waals surface area (Å²) in [5, 5.41) is 0.997. The summed E-state index contributed by atoms with van der Waals surface area (Å²) in [7, 11) is 2.73. The molecule has 0 aromatic heterocycles. The number of carbonyl (C=O) groups excluding carboxylic acids is 1. The lowest BCUT2D eigenvalue weighted by atomic mass is 10.0. The van der Waals surface area contributed by atoms with E-state index in [2.05, 4.69) is 11.4 Å². The van der Waals surface area contributed by atoms with Crippen molar-refractivity contribution in [2.45, 2.75) is 25.4 Å². The second-order valence-electron chi connectivity index (χ2n) is 3.35. The van der Waals surface area contributed by atoms with Gasteiger partial charge in [-0.1, -0.05) is 6.08 Å². The number of hydrogen-bond acceptors (Lipinski definition) is 2. The molecule has 16 heavy (non-hydrogen) atoms. The molecule has 0 saturated heterocycles. The van der Waals surface area contributed by atoms with E-state index >= 15 is 0 Å². The Kier molecular flexibility index (Phi) is 6.10. The van der Waals surface area contributed by atoms with Gasteiger partial charge in [-0.2, -0.15) is 13.2 Å². The van der Waals surface area contributed by atoms with E-state index in [0.29, 0.717) is 0 Å². The molecule has 94 valence electrons. The lowest BCUT2D eigenvalue weighted by molar-refractivity contribution is -0.171. The molecule has 0 bridgehead atoms. The normalized spacial score (nSPS) is 13.3. The van der Waals surface area contributed by atoms with Crippen molar-refractivity contribution >= 4 is 5.91 Å². The molecule has 0 aliphatic carbocycles. The van der Waals surface area contributed by atoms with E-state index in [0.717, 1.165) is 11.1 Å². The van der Waals surface area contributed by atoms with E-state index in [1.54, 1.807) is 0 Å². The summed E-state index contributed by atoms with van der Waals surface area (Å²) in [6.07, 6.45) is -3.35. The second-order valence-corrected chi connectivity index (χ2v) is 3.35. The predicted molar refractivity (Wildman–Crippen MR) is 53.4 cm³/mol. The number of halogens is 3. The van der Waals surface area contributed by atoms with Gasteiger partial charge in [0.15, 0.2) is 0 Å². The zero-order valence-corrected chi connectivity index (χ0v) is 9.38. The van der Waals surface area contributed by atoms with E-state index < -0.39 is 12.1 Å². The SMILES string of the molecule is C=C[C@H](CCCC(=O)N(C)OC)C(F)(F)F. The first-order valence-corrected chi connectivity index (χ1v) is 4.82. The van der Waals surface area contributed by atoms with Crippen LogP contribution in [0.15, 0.2) is 12.7 Å². The lowest BCUT2D eigenvalue weighted by Crippen LogP contribution is -2.26. The third-order valence-electron chi connectivity index (χ3n) is 2.24. The molecular formula is C10H16F3NO2. The summed E-state index contributed by atoms with van der Waals surface area (Å²) in [6.45, 7) is 3.14. The van der Waals surface area contributed by atoms with Crippen LogP contribution in [0, 0.1) is 5.92 Å². The Balaban J connectivity index is 3.97. The molecule has 0 aromatic rings. The highest BCUT2D eigenvalue weighted by molar-refractivity contribution is 5.74. The summed E-state index contributed by atoms with van der Waals surface area (Å²) in [5.74, 6) is -1.89. The van der Waals surface area contributed by atoms with E-state index in [9.17, 15) is 18.0 Å². The maximum absolute atomic E-state index is 12.3. The molecule has 1 atom stereocenters. The van der Waals surface area contributed by atoms with Crippen molar-refractivity contribution in [2.75, 3.05) is 14.2 Å². The zero-order chi connectivity index (χ0) is 12.8. The highest BCUT2D eigenvalue weighted by Gasteiger charge is 2.36. The fourth-order valence-corrected chi connectivity index (χ4v) is 1.15. The van der Waals surface area contributed by atoms with Gasteiger partial charge in [-0.15, -0.1) is 6.58 Å². The Morgan fingerprint density at radius 2 is 2.12 bits per heavy atom. The monoisotopic (exact) mass is 239 g/mol. The Bertz CT molecular complexity index is 241. The molecule has 3 nitrogen and oxygen atoms in total. The molecule has 1 amide bonds. The number of rotatable bonds is 6. The van der Waals surface area contributed by atoms with Crippen LogP contribution in [0.5, 0.6) is 0 Å². The molecule has 0 aliphatic rings. The van der Waals surface area contributed by atoms with Crippen LogP contribution in [0.25, 0.3) is 0 Å². The largest absolute Gasteiger partial charge is 0.395 e. The summed E-state index contributed by atoms with van der Waals surface area (Å²) >= 11 is 0. The smallest absolute Gasteiger partial charge is 0.275 e. The fourth-order valence-electron chi connectivity index (χ4n) is 1.15. The Morgan fingerprint density at radius 3 is 2.50 bits per heavy atom. The standard InChI is InChI=1S/C10H16F3NO2/c1-4-8(10(11,12)13)6-5-7-9(15)14(2)16-3/h4,8H,1,5-7H2,2-3H3/t8-/m1/s1. The van der Waals surface area contributed by atoms with Crippen LogP contribution in [0.3, 0.4) is 0 Å². The van der Waals surface area contributed by atoms with E-state index in [4.69, 9.17) is 0 Å². The molecule has 0 rings (SSSR count). The van der Waals surface area contributed by atoms with Crippen molar-refractivity contribution in [3.05, 3.63) is 12.7 Å². The first-order valence-electron chi connectivity index (χ1n) is 4.82. The van der Waals surface area contributed by atoms with Crippen LogP contribution in [-0.2, 0) is 9.63 Å². The van der Waals surface area contributed by atoms with E-state index in [1.165, 1.54) is 14.2 Å². The van der Waals surface area contributed by atoms with Gasteiger partial charge in [0.2, 0.25) is 5.91 Å². The van der Waals surface area contributed by atoms with Gasteiger partial charge in [0, 0.05) is 13.5 Å². The van der Waals surface area contributed by atoms with Crippen molar-refractivity contribution in [3.8, 4) is 0 Å². The van der Waals surface area contributed by atoms with Gasteiger partial charge in [-0.05, 0) is 12.8 Å². The number of amides is 1. The van der Waals surface area contributed by atoms with Gasteiger partial charge in [0.25, 0.3) is 0 Å². The molecule has 0 aliphatic heterocycles. The molecule has 0 unspecified atom stereocenters. The molecular weight excluding hydrogens is 223 g/mol. The minimum absolute atomic E-state index is 0.0325. The summed E-state index contributed by atoms with van der Waals surface area (Å²) in [5.41, 5.74) is 0. The van der Waals surface area contributed by atoms with Crippen molar-refractivity contribution in [1.82, 2.24) is 5.06 Å². The molecule has 0 N–H and O–H groups in total. The van der Waals surface area contributed by atoms with Gasteiger partial charge in [-0.3, -0.25) is 9.63 Å². The topological polar surface area (TPSA) is 29.5 Å². The minimum atomic E-state index is -4.28. The highest BCUT2D eigenvalue weighted by Crippen LogP contribution is 2.30. The predicted octanol–water partition coefficient (Wildman–Crippen LogP) is 2.54. The Hall–Kier alpha value is -1.04. The van der Waals surface area contributed by atoms with Crippen molar-refractivity contribution in [1.29, 1.82) is 0 Å². The van der Waals surface area contributed by atoms with Gasteiger partial charge in [0.05, 0.1) is 13.0 Å². The zero-order valence-electron chi connectivity index (χ0n) is 9.38. The first kappa shape index (κ1) is 15.0. The fraction of sp³-hybridized carbons (Fsp3) is 0.700. The average molecular weight is 239 g/mol. The first-order chi connectivity index (χ1) is 7.32. The molecule has 0 aromatic carbocycles. The average Bonchev–Trinajstić information content (AvgIpc) is 2.20. The van der Waals surface area contributed by atoms with Gasteiger partial charge < -0.3 is 0 Å². The number of hydrogen-bond donors (Lipinski definition) is 0. The van der Waals surface area contributed by atoms with Crippen LogP contribution in [0.4, 0.5) is 13.2 Å². The number of allylic oxidation sites excluding steroid dienone is 1. The molecule has 0 saturated carbocycles. The highest BCUT2D eigenvalue weighted by atomic mass is 19.4. The molecule has 6 heteroatoms. The number of nitrogens with zero attached hydrogens (tertiary/aromatic N) is 1. The maximum Gasteiger partial charge on any atom is 0.395 e. The summed E-state index contributed by atoms with van der Waals surface area (Å²) in [6, 6.07) is 0. The molecule has 0 fully saturated rings. The van der Waals surface area contributed by atoms with Crippen LogP contribution < -0.4 is 0 Å². The van der Waals surface area contributed by atoms with Crippen LogP contribution in [-0.4, -0.2) is 31.3 Å². The molecule has 0 radical (unpaired) electrons. The third kappa shape index (κ3) is 5.16. The Morgan fingerprint density at radius 1 is 1.56 bits per heavy atom. The van der Waals surface area contributed by atoms with Crippen molar-refractivity contribution in [2.24, 2.45) is 5.92 Å². The van der Waals surface area contributed by atoms with Crippen LogP contribution >= 0.6 is 0 Å². The number of alkyl halides is 3. The minimum Gasteiger partial charge on any atom is -0.275 e. The Labute approximate surface area is 92.8 Å². The van der Waals surface area contributed by atoms with E-state index in [1.807, 2.05) is 0 Å². The van der Waals surface area contributed by atoms with Crippen molar-refractivity contribution in [3.63, 3.8) is 0 Å². The summed E-state index contributed by atoms with van der Waals surface area (Å²) in [4.78, 5) is 15.8. The van der Waals surface area contributed by atoms with E-state index in [-0.39, 0.29) is 25.2 Å². The second kappa shape index (κ2) is 6.52. The maximum atomic E-state index is 12.3. The van der Waals surface area contributed by atoms with Gasteiger partial charge >= 0.3 is 6.18 Å². The molecule has 0 heterocycles. The van der Waals surface area contributed by atoms with Crippen LogP contribution in [0.1, 0.15) is 19.3 Å². The van der Waals surface area contributed by atoms with Gasteiger partial charge in [-0.25, -0.2) is 5.06 Å². The van der Waals surface area contributed by atoms with Crippen LogP contribution in [0.2, 0.25) is 0 Å². The lowest BCUT2D eigenvalue weighted by Gasteiger charge is -2.17. The quantitative estimate of drug-likeness (QED) is 0.526.